The van der Waals surface area contributed by atoms with E-state index in [1.165, 1.54) is 11.1 Å². The molecule has 0 unspecified atom stereocenters. The third kappa shape index (κ3) is 5.73. The zero-order valence-electron chi connectivity index (χ0n) is 13.5. The molecular weight excluding hydrogens is 266 g/mol. The summed E-state index contributed by atoms with van der Waals surface area (Å²) in [5.74, 6) is 0.0292. The lowest BCUT2D eigenvalue weighted by atomic mass is 10.1. The third-order valence-corrected chi connectivity index (χ3v) is 3.41. The molecule has 1 aromatic rings. The monoisotopic (exact) mass is 293 g/mol. The van der Waals surface area contributed by atoms with Gasteiger partial charge in [0.05, 0.1) is 13.2 Å². The molecule has 0 aliphatic carbocycles. The highest BCUT2D eigenvalue weighted by Crippen LogP contribution is 2.21. The summed E-state index contributed by atoms with van der Waals surface area (Å²) < 4.78 is 5.01. The first kappa shape index (κ1) is 17.5. The van der Waals surface area contributed by atoms with Crippen molar-refractivity contribution in [2.75, 3.05) is 45.3 Å². The van der Waals surface area contributed by atoms with E-state index in [2.05, 4.69) is 47.6 Å². The SMILES string of the molecule is CCN(CC(=O)NC)c1ccc(CNCCOC)cc1C. The highest BCUT2D eigenvalue weighted by molar-refractivity contribution is 5.81. The van der Waals surface area contributed by atoms with Crippen molar-refractivity contribution in [3.05, 3.63) is 29.3 Å². The molecule has 5 heteroatoms. The Labute approximate surface area is 127 Å². The van der Waals surface area contributed by atoms with Gasteiger partial charge in [-0.25, -0.2) is 0 Å². The molecule has 0 aromatic heterocycles. The average Bonchev–Trinajstić information content (AvgIpc) is 2.49. The zero-order valence-corrected chi connectivity index (χ0v) is 13.5. The Bertz CT molecular complexity index is 449. The molecule has 0 spiro atoms. The summed E-state index contributed by atoms with van der Waals surface area (Å²) in [4.78, 5) is 13.6. The predicted molar refractivity (Wildman–Crippen MR) is 86.7 cm³/mol. The summed E-state index contributed by atoms with van der Waals surface area (Å²) >= 11 is 0. The van der Waals surface area contributed by atoms with Crippen molar-refractivity contribution in [1.82, 2.24) is 10.6 Å². The molecular formula is C16H27N3O2. The molecule has 0 saturated heterocycles. The molecule has 1 rings (SSSR count). The molecule has 0 radical (unpaired) electrons. The van der Waals surface area contributed by atoms with E-state index in [0.717, 1.165) is 25.3 Å². The van der Waals surface area contributed by atoms with Crippen molar-refractivity contribution >= 4 is 11.6 Å². The van der Waals surface area contributed by atoms with E-state index < -0.39 is 0 Å². The number of methoxy groups -OCH3 is 1. The number of ether oxygens (including phenoxy) is 1. The molecule has 5 nitrogen and oxygen atoms in total. The largest absolute Gasteiger partial charge is 0.383 e. The second-order valence-electron chi connectivity index (χ2n) is 4.98. The van der Waals surface area contributed by atoms with E-state index in [-0.39, 0.29) is 5.91 Å². The number of nitrogens with one attached hydrogen (secondary N) is 2. The van der Waals surface area contributed by atoms with Crippen LogP contribution in [0.15, 0.2) is 18.2 Å². The Kier molecular flexibility index (Phi) is 7.79. The van der Waals surface area contributed by atoms with E-state index in [1.807, 2.05) is 0 Å². The van der Waals surface area contributed by atoms with Gasteiger partial charge in [-0.05, 0) is 31.0 Å². The summed E-state index contributed by atoms with van der Waals surface area (Å²) in [6.45, 7) is 7.72. The lowest BCUT2D eigenvalue weighted by Crippen LogP contribution is -2.35. The number of amides is 1. The van der Waals surface area contributed by atoms with Gasteiger partial charge in [-0.3, -0.25) is 4.79 Å². The maximum atomic E-state index is 11.6. The first-order valence-electron chi connectivity index (χ1n) is 7.37. The van der Waals surface area contributed by atoms with Crippen LogP contribution < -0.4 is 15.5 Å². The van der Waals surface area contributed by atoms with Crippen LogP contribution in [0.4, 0.5) is 5.69 Å². The molecule has 0 atom stereocenters. The molecule has 1 amide bonds. The fourth-order valence-corrected chi connectivity index (χ4v) is 2.21. The molecule has 0 heterocycles. The Morgan fingerprint density at radius 2 is 2.14 bits per heavy atom. The van der Waals surface area contributed by atoms with Crippen molar-refractivity contribution in [2.45, 2.75) is 20.4 Å². The molecule has 0 aliphatic rings. The highest BCUT2D eigenvalue weighted by Gasteiger charge is 2.11. The number of aryl methyl sites for hydroxylation is 1. The summed E-state index contributed by atoms with van der Waals surface area (Å²) in [6, 6.07) is 6.37. The summed E-state index contributed by atoms with van der Waals surface area (Å²) in [5, 5.41) is 6.00. The average molecular weight is 293 g/mol. The van der Waals surface area contributed by atoms with Gasteiger partial charge in [0.25, 0.3) is 0 Å². The number of carbonyl (C=O) groups is 1. The zero-order chi connectivity index (χ0) is 15.7. The number of anilines is 1. The molecule has 0 bridgehead atoms. The van der Waals surface area contributed by atoms with Gasteiger partial charge in [0.2, 0.25) is 5.91 Å². The second kappa shape index (κ2) is 9.37. The minimum absolute atomic E-state index is 0.0292. The molecule has 0 saturated carbocycles. The first-order chi connectivity index (χ1) is 10.1. The van der Waals surface area contributed by atoms with Crippen molar-refractivity contribution in [1.29, 1.82) is 0 Å². The second-order valence-corrected chi connectivity index (χ2v) is 4.98. The third-order valence-electron chi connectivity index (χ3n) is 3.41. The summed E-state index contributed by atoms with van der Waals surface area (Å²) in [6.07, 6.45) is 0. The molecule has 2 N–H and O–H groups in total. The van der Waals surface area contributed by atoms with Gasteiger partial charge in [-0.2, -0.15) is 0 Å². The minimum Gasteiger partial charge on any atom is -0.383 e. The van der Waals surface area contributed by atoms with E-state index in [0.29, 0.717) is 13.2 Å². The number of benzene rings is 1. The number of hydrogen-bond donors (Lipinski definition) is 2. The fraction of sp³-hybridized carbons (Fsp3) is 0.562. The van der Waals surface area contributed by atoms with Crippen LogP contribution in [-0.2, 0) is 16.1 Å². The van der Waals surface area contributed by atoms with Gasteiger partial charge >= 0.3 is 0 Å². The van der Waals surface area contributed by atoms with Gasteiger partial charge in [-0.15, -0.1) is 0 Å². The van der Waals surface area contributed by atoms with Crippen molar-refractivity contribution in [2.24, 2.45) is 0 Å². The van der Waals surface area contributed by atoms with Crippen LogP contribution in [0.5, 0.6) is 0 Å². The quantitative estimate of drug-likeness (QED) is 0.674. The number of likely N-dealkylation sites (N-methyl/N-ethyl adjacent to an activating group) is 2. The maximum absolute atomic E-state index is 11.6. The summed E-state index contributed by atoms with van der Waals surface area (Å²) in [7, 11) is 3.37. The number of hydrogen-bond acceptors (Lipinski definition) is 4. The Balaban J connectivity index is 2.69. The standard InChI is InChI=1S/C16H27N3O2/c1-5-19(12-16(20)17-3)15-7-6-14(10-13(15)2)11-18-8-9-21-4/h6-7,10,18H,5,8-9,11-12H2,1-4H3,(H,17,20). The van der Waals surface area contributed by atoms with Crippen LogP contribution in [-0.4, -0.2) is 46.3 Å². The van der Waals surface area contributed by atoms with Crippen LogP contribution in [0.3, 0.4) is 0 Å². The normalized spacial score (nSPS) is 10.5. The first-order valence-corrected chi connectivity index (χ1v) is 7.37. The van der Waals surface area contributed by atoms with Gasteiger partial charge < -0.3 is 20.3 Å². The number of nitrogens with zero attached hydrogens (tertiary/aromatic N) is 1. The van der Waals surface area contributed by atoms with E-state index in [9.17, 15) is 4.79 Å². The van der Waals surface area contributed by atoms with Crippen LogP contribution in [0, 0.1) is 6.92 Å². The lowest BCUT2D eigenvalue weighted by molar-refractivity contribution is -0.119. The minimum atomic E-state index is 0.0292. The van der Waals surface area contributed by atoms with E-state index in [1.54, 1.807) is 14.2 Å². The van der Waals surface area contributed by atoms with Gasteiger partial charge in [0.15, 0.2) is 0 Å². The van der Waals surface area contributed by atoms with Crippen LogP contribution in [0.1, 0.15) is 18.1 Å². The smallest absolute Gasteiger partial charge is 0.239 e. The maximum Gasteiger partial charge on any atom is 0.239 e. The molecule has 118 valence electrons. The lowest BCUT2D eigenvalue weighted by Gasteiger charge is -2.24. The van der Waals surface area contributed by atoms with Crippen molar-refractivity contribution in [3.63, 3.8) is 0 Å². The molecule has 0 fully saturated rings. The topological polar surface area (TPSA) is 53.6 Å². The van der Waals surface area contributed by atoms with Crippen molar-refractivity contribution in [3.8, 4) is 0 Å². The van der Waals surface area contributed by atoms with E-state index in [4.69, 9.17) is 4.74 Å². The Morgan fingerprint density at radius 3 is 2.71 bits per heavy atom. The predicted octanol–water partition coefficient (Wildman–Crippen LogP) is 1.30. The van der Waals surface area contributed by atoms with Gasteiger partial charge in [0, 0.05) is 39.5 Å². The van der Waals surface area contributed by atoms with Gasteiger partial charge in [-0.1, -0.05) is 12.1 Å². The fourth-order valence-electron chi connectivity index (χ4n) is 2.21. The highest BCUT2D eigenvalue weighted by atomic mass is 16.5. The van der Waals surface area contributed by atoms with Gasteiger partial charge in [0.1, 0.15) is 0 Å². The van der Waals surface area contributed by atoms with Crippen molar-refractivity contribution < 1.29 is 9.53 Å². The number of rotatable bonds is 9. The van der Waals surface area contributed by atoms with Crippen LogP contribution >= 0.6 is 0 Å². The van der Waals surface area contributed by atoms with Crippen LogP contribution in [0.2, 0.25) is 0 Å². The summed E-state index contributed by atoms with van der Waals surface area (Å²) in [5.41, 5.74) is 3.54. The molecule has 0 aliphatic heterocycles. The number of carbonyl (C=O) groups excluding carboxylic acids is 1. The molecule has 21 heavy (non-hydrogen) atoms. The van der Waals surface area contributed by atoms with Crippen LogP contribution in [0.25, 0.3) is 0 Å². The molecule has 1 aromatic carbocycles. The Hall–Kier alpha value is -1.59. The van der Waals surface area contributed by atoms with E-state index >= 15 is 0 Å². The Morgan fingerprint density at radius 1 is 1.38 bits per heavy atom.